The maximum atomic E-state index is 12.9. The van der Waals surface area contributed by atoms with Gasteiger partial charge in [-0.2, -0.15) is 5.10 Å². The monoisotopic (exact) mass is 404 g/mol. The van der Waals surface area contributed by atoms with E-state index < -0.39 is 15.9 Å². The molecule has 2 atom stereocenters. The zero-order chi connectivity index (χ0) is 19.7. The van der Waals surface area contributed by atoms with E-state index in [-0.39, 0.29) is 35.8 Å². The van der Waals surface area contributed by atoms with Crippen molar-refractivity contribution in [1.82, 2.24) is 9.91 Å². The molecule has 8 nitrogen and oxygen atoms in total. The highest BCUT2D eigenvalue weighted by molar-refractivity contribution is 7.91. The number of para-hydroxylation sites is 1. The first-order chi connectivity index (χ1) is 13.4. The molecule has 150 valence electrons. The van der Waals surface area contributed by atoms with Crippen molar-refractivity contribution in [3.63, 3.8) is 0 Å². The molecule has 28 heavy (non-hydrogen) atoms. The summed E-state index contributed by atoms with van der Waals surface area (Å²) in [4.78, 5) is 26.9. The van der Waals surface area contributed by atoms with Crippen molar-refractivity contribution < 1.29 is 18.0 Å². The molecule has 0 spiro atoms. The summed E-state index contributed by atoms with van der Waals surface area (Å²) in [7, 11) is -3.13. The highest BCUT2D eigenvalue weighted by Crippen LogP contribution is 2.23. The lowest BCUT2D eigenvalue weighted by Crippen LogP contribution is -2.45. The van der Waals surface area contributed by atoms with Crippen LogP contribution in [0, 0.1) is 0 Å². The topological polar surface area (TPSA) is 99.1 Å². The normalized spacial score (nSPS) is 27.0. The van der Waals surface area contributed by atoms with Crippen molar-refractivity contribution in [2.75, 3.05) is 29.9 Å². The first kappa shape index (κ1) is 18.9. The third-order valence-corrected chi connectivity index (χ3v) is 7.23. The smallest absolute Gasteiger partial charge is 0.270 e. The Kier molecular flexibility index (Phi) is 5.09. The van der Waals surface area contributed by atoms with Crippen LogP contribution in [0.2, 0.25) is 0 Å². The molecule has 4 rings (SSSR count). The predicted molar refractivity (Wildman–Crippen MR) is 106 cm³/mol. The second kappa shape index (κ2) is 7.54. The van der Waals surface area contributed by atoms with Gasteiger partial charge in [0, 0.05) is 37.7 Å². The number of hydrogen-bond acceptors (Lipinski definition) is 6. The second-order valence-electron chi connectivity index (χ2n) is 7.59. The summed E-state index contributed by atoms with van der Waals surface area (Å²) in [6, 6.07) is 9.60. The number of carbonyl (C=O) groups is 2. The summed E-state index contributed by atoms with van der Waals surface area (Å²) in [5.74, 6) is -0.366. The molecule has 0 bridgehead atoms. The minimum Gasteiger partial charge on any atom is -0.380 e. The molecule has 3 aliphatic rings. The van der Waals surface area contributed by atoms with E-state index in [4.69, 9.17) is 0 Å². The quantitative estimate of drug-likeness (QED) is 0.803. The van der Waals surface area contributed by atoms with Crippen LogP contribution in [-0.4, -0.2) is 72.5 Å². The number of rotatable bonds is 4. The zero-order valence-electron chi connectivity index (χ0n) is 15.6. The number of likely N-dealkylation sites (tertiary alicyclic amines) is 1. The maximum absolute atomic E-state index is 12.9. The van der Waals surface area contributed by atoms with E-state index in [1.54, 1.807) is 4.90 Å². The lowest BCUT2D eigenvalue weighted by molar-refractivity contribution is -0.134. The Bertz CT molecular complexity index is 900. The van der Waals surface area contributed by atoms with Gasteiger partial charge in [-0.1, -0.05) is 18.2 Å². The average Bonchev–Trinajstić information content (AvgIpc) is 3.28. The lowest BCUT2D eigenvalue weighted by Gasteiger charge is -2.29. The van der Waals surface area contributed by atoms with Gasteiger partial charge < -0.3 is 10.2 Å². The summed E-state index contributed by atoms with van der Waals surface area (Å²) in [5, 5.41) is 8.97. The van der Waals surface area contributed by atoms with E-state index in [1.807, 2.05) is 30.3 Å². The van der Waals surface area contributed by atoms with E-state index in [9.17, 15) is 18.0 Å². The largest absolute Gasteiger partial charge is 0.380 e. The van der Waals surface area contributed by atoms with Gasteiger partial charge in [-0.3, -0.25) is 9.59 Å². The van der Waals surface area contributed by atoms with Crippen molar-refractivity contribution in [2.24, 2.45) is 5.10 Å². The van der Waals surface area contributed by atoms with Crippen molar-refractivity contribution in [3.8, 4) is 0 Å². The van der Waals surface area contributed by atoms with Crippen molar-refractivity contribution in [3.05, 3.63) is 30.3 Å². The van der Waals surface area contributed by atoms with Crippen LogP contribution in [-0.2, 0) is 19.4 Å². The fourth-order valence-corrected chi connectivity index (χ4v) is 5.69. The van der Waals surface area contributed by atoms with E-state index in [0.717, 1.165) is 12.1 Å². The highest BCUT2D eigenvalue weighted by atomic mass is 32.2. The van der Waals surface area contributed by atoms with Crippen molar-refractivity contribution in [2.45, 2.75) is 37.8 Å². The molecular formula is C19H24N4O4S. The number of sulfone groups is 1. The summed E-state index contributed by atoms with van der Waals surface area (Å²) < 4.78 is 23.5. The Morgan fingerprint density at radius 2 is 1.93 bits per heavy atom. The number of carbonyl (C=O) groups excluding carboxylic acids is 2. The minimum absolute atomic E-state index is 0.0687. The summed E-state index contributed by atoms with van der Waals surface area (Å²) in [5.41, 5.74) is 1.38. The van der Waals surface area contributed by atoms with Gasteiger partial charge in [0.15, 0.2) is 9.84 Å². The number of nitrogens with zero attached hydrogens (tertiary/aromatic N) is 3. The molecule has 1 aromatic rings. The number of hydrogen-bond donors (Lipinski definition) is 1. The molecule has 3 heterocycles. The number of hydrazone groups is 1. The van der Waals surface area contributed by atoms with Gasteiger partial charge in [-0.05, 0) is 25.0 Å². The van der Waals surface area contributed by atoms with Crippen molar-refractivity contribution in [1.29, 1.82) is 0 Å². The van der Waals surface area contributed by atoms with E-state index in [1.165, 1.54) is 5.01 Å². The number of amides is 2. The molecule has 2 unspecified atom stereocenters. The van der Waals surface area contributed by atoms with Crippen LogP contribution in [0.25, 0.3) is 0 Å². The molecule has 0 aliphatic carbocycles. The Morgan fingerprint density at radius 3 is 2.64 bits per heavy atom. The zero-order valence-corrected chi connectivity index (χ0v) is 16.4. The van der Waals surface area contributed by atoms with E-state index in [0.29, 0.717) is 31.6 Å². The molecule has 1 aromatic carbocycles. The molecule has 2 amide bonds. The fourth-order valence-electron chi connectivity index (χ4n) is 3.99. The van der Waals surface area contributed by atoms with Crippen LogP contribution in [0.3, 0.4) is 0 Å². The number of benzene rings is 1. The fraction of sp³-hybridized carbons (Fsp3) is 0.526. The molecule has 0 aromatic heterocycles. The van der Waals surface area contributed by atoms with Crippen molar-refractivity contribution >= 4 is 33.1 Å². The molecular weight excluding hydrogens is 380 g/mol. The van der Waals surface area contributed by atoms with Crippen LogP contribution in [0.15, 0.2) is 35.4 Å². The molecule has 3 aliphatic heterocycles. The molecule has 1 N–H and O–H groups in total. The predicted octanol–water partition coefficient (Wildman–Crippen LogP) is 0.865. The molecule has 9 heteroatoms. The summed E-state index contributed by atoms with van der Waals surface area (Å²) in [6.45, 7) is 1.21. The van der Waals surface area contributed by atoms with Gasteiger partial charge in [0.05, 0.1) is 17.5 Å². The Hall–Kier alpha value is -2.42. The third-order valence-electron chi connectivity index (χ3n) is 5.48. The van der Waals surface area contributed by atoms with E-state index >= 15 is 0 Å². The van der Waals surface area contributed by atoms with Crippen LogP contribution in [0.4, 0.5) is 5.69 Å². The Morgan fingerprint density at radius 1 is 1.14 bits per heavy atom. The minimum atomic E-state index is -3.13. The highest BCUT2D eigenvalue weighted by Gasteiger charge is 2.38. The van der Waals surface area contributed by atoms with Gasteiger partial charge >= 0.3 is 0 Å². The molecule has 2 fully saturated rings. The van der Waals surface area contributed by atoms with Crippen LogP contribution in [0.5, 0.6) is 0 Å². The lowest BCUT2D eigenvalue weighted by atomic mass is 10.1. The van der Waals surface area contributed by atoms with Gasteiger partial charge in [0.2, 0.25) is 5.91 Å². The number of anilines is 1. The summed E-state index contributed by atoms with van der Waals surface area (Å²) in [6.07, 6.45) is 1.73. The average molecular weight is 404 g/mol. The Balaban J connectivity index is 1.41. The van der Waals surface area contributed by atoms with Gasteiger partial charge in [0.1, 0.15) is 5.71 Å². The second-order valence-corrected chi connectivity index (χ2v) is 9.82. The third kappa shape index (κ3) is 4.04. The van der Waals surface area contributed by atoms with E-state index in [2.05, 4.69) is 10.4 Å². The van der Waals surface area contributed by atoms with Gasteiger partial charge in [0.25, 0.3) is 5.91 Å². The van der Waals surface area contributed by atoms with Crippen LogP contribution >= 0.6 is 0 Å². The van der Waals surface area contributed by atoms with Gasteiger partial charge in [-0.25, -0.2) is 13.4 Å². The SMILES string of the molecule is O=C(C1=NN(C2CCS(=O)(=O)C2)C(=O)CC1)N1CCC(Nc2ccccc2)C1. The first-order valence-electron chi connectivity index (χ1n) is 9.62. The molecule has 2 saturated heterocycles. The molecule has 0 radical (unpaired) electrons. The Labute approximate surface area is 164 Å². The first-order valence-corrected chi connectivity index (χ1v) is 11.4. The van der Waals surface area contributed by atoms with Crippen LogP contribution < -0.4 is 5.32 Å². The standard InChI is InChI=1S/C19H24N4O4S/c24-18-7-6-17(21-23(18)16-9-11-28(26,27)13-16)19(25)22-10-8-15(12-22)20-14-4-2-1-3-5-14/h1-5,15-16,20H,6-13H2. The summed E-state index contributed by atoms with van der Waals surface area (Å²) >= 11 is 0. The maximum Gasteiger partial charge on any atom is 0.270 e. The van der Waals surface area contributed by atoms with Gasteiger partial charge in [-0.15, -0.1) is 0 Å². The molecule has 0 saturated carbocycles. The van der Waals surface area contributed by atoms with Crippen LogP contribution in [0.1, 0.15) is 25.7 Å². The number of nitrogens with one attached hydrogen (secondary N) is 1.